The van der Waals surface area contributed by atoms with Crippen LogP contribution in [0.5, 0.6) is 5.75 Å². The van der Waals surface area contributed by atoms with E-state index in [1.807, 2.05) is 92.7 Å². The second kappa shape index (κ2) is 9.62. The first-order valence-electron chi connectivity index (χ1n) is 10.2. The molecule has 0 aliphatic carbocycles. The van der Waals surface area contributed by atoms with Crippen LogP contribution in [0.3, 0.4) is 0 Å². The van der Waals surface area contributed by atoms with Crippen LogP contribution < -0.4 is 10.1 Å². The second-order valence-electron chi connectivity index (χ2n) is 6.95. The van der Waals surface area contributed by atoms with E-state index < -0.39 is 0 Å². The number of benzene rings is 3. The number of nitrogens with zero attached hydrogens (tertiary/aromatic N) is 2. The molecule has 1 N–H and O–H groups in total. The van der Waals surface area contributed by atoms with Gasteiger partial charge in [-0.2, -0.15) is 0 Å². The lowest BCUT2D eigenvalue weighted by Gasteiger charge is -2.14. The highest BCUT2D eigenvalue weighted by Crippen LogP contribution is 2.33. The molecule has 0 aliphatic rings. The van der Waals surface area contributed by atoms with Crippen LogP contribution in [0, 0.1) is 0 Å². The van der Waals surface area contributed by atoms with Crippen molar-refractivity contribution in [2.75, 3.05) is 11.9 Å². The molecule has 4 rings (SSSR count). The van der Waals surface area contributed by atoms with Crippen LogP contribution >= 0.6 is 11.8 Å². The largest absolute Gasteiger partial charge is 0.494 e. The second-order valence-corrected chi connectivity index (χ2v) is 8.28. The lowest BCUT2D eigenvalue weighted by Crippen LogP contribution is -2.22. The first-order chi connectivity index (χ1) is 15.1. The molecule has 1 heterocycles. The van der Waals surface area contributed by atoms with Crippen LogP contribution in [-0.2, 0) is 4.79 Å². The van der Waals surface area contributed by atoms with Crippen molar-refractivity contribution in [1.29, 1.82) is 0 Å². The predicted octanol–water partition coefficient (Wildman–Crippen LogP) is 5.81. The minimum absolute atomic E-state index is 0.0785. The molecule has 5 nitrogen and oxygen atoms in total. The van der Waals surface area contributed by atoms with E-state index in [0.29, 0.717) is 12.4 Å². The van der Waals surface area contributed by atoms with Gasteiger partial charge in [0.05, 0.1) is 17.4 Å². The molecule has 0 fully saturated rings. The summed E-state index contributed by atoms with van der Waals surface area (Å²) in [5.41, 5.74) is 2.52. The Morgan fingerprint density at radius 3 is 2.42 bits per heavy atom. The van der Waals surface area contributed by atoms with Gasteiger partial charge in [0, 0.05) is 16.6 Å². The van der Waals surface area contributed by atoms with Crippen LogP contribution in [0.2, 0.25) is 0 Å². The molecule has 1 amide bonds. The molecule has 3 aromatic carbocycles. The average molecular weight is 430 g/mol. The zero-order chi connectivity index (χ0) is 21.6. The van der Waals surface area contributed by atoms with Gasteiger partial charge in [-0.15, -0.1) is 0 Å². The Morgan fingerprint density at radius 2 is 1.71 bits per heavy atom. The maximum Gasteiger partial charge on any atom is 0.237 e. The van der Waals surface area contributed by atoms with Gasteiger partial charge in [0.1, 0.15) is 10.8 Å². The fourth-order valence-electron chi connectivity index (χ4n) is 3.13. The fraction of sp³-hybridized carbons (Fsp3) is 0.160. The molecular weight excluding hydrogens is 406 g/mol. The van der Waals surface area contributed by atoms with E-state index >= 15 is 0 Å². The lowest BCUT2D eigenvalue weighted by molar-refractivity contribution is -0.115. The number of rotatable bonds is 7. The highest BCUT2D eigenvalue weighted by molar-refractivity contribution is 8.00. The molecule has 0 spiro atoms. The number of nitrogens with one attached hydrogen (secondary N) is 1. The third-order valence-corrected chi connectivity index (χ3v) is 5.78. The maximum atomic E-state index is 12.8. The molecule has 0 aliphatic heterocycles. The SMILES string of the molecule is CCOc1ccc2nc(-c3ccccc3)nc(SC(C)C(=O)Nc3ccccc3)c2c1. The Kier molecular flexibility index (Phi) is 6.48. The van der Waals surface area contributed by atoms with E-state index in [2.05, 4.69) is 5.32 Å². The number of amides is 1. The molecule has 0 bridgehead atoms. The molecule has 1 unspecified atom stereocenters. The number of carbonyl (C=O) groups excluding carboxylic acids is 1. The minimum atomic E-state index is -0.349. The predicted molar refractivity (Wildman–Crippen MR) is 127 cm³/mol. The molecule has 156 valence electrons. The third-order valence-electron chi connectivity index (χ3n) is 4.67. The zero-order valence-electron chi connectivity index (χ0n) is 17.4. The zero-order valence-corrected chi connectivity index (χ0v) is 18.2. The molecule has 0 saturated heterocycles. The Bertz CT molecular complexity index is 1180. The van der Waals surface area contributed by atoms with Crippen molar-refractivity contribution in [3.63, 3.8) is 0 Å². The van der Waals surface area contributed by atoms with Gasteiger partial charge >= 0.3 is 0 Å². The van der Waals surface area contributed by atoms with Gasteiger partial charge in [-0.3, -0.25) is 4.79 Å². The molecule has 1 atom stereocenters. The maximum absolute atomic E-state index is 12.8. The number of aromatic nitrogens is 2. The summed E-state index contributed by atoms with van der Waals surface area (Å²) in [4.78, 5) is 22.3. The number of hydrogen-bond donors (Lipinski definition) is 1. The molecule has 4 aromatic rings. The summed E-state index contributed by atoms with van der Waals surface area (Å²) >= 11 is 1.42. The van der Waals surface area contributed by atoms with E-state index in [1.165, 1.54) is 11.8 Å². The van der Waals surface area contributed by atoms with Crippen LogP contribution in [-0.4, -0.2) is 27.7 Å². The van der Waals surface area contributed by atoms with Crippen LogP contribution in [0.1, 0.15) is 13.8 Å². The number of para-hydroxylation sites is 1. The summed E-state index contributed by atoms with van der Waals surface area (Å²) in [6, 6.07) is 25.1. The van der Waals surface area contributed by atoms with Crippen molar-refractivity contribution < 1.29 is 9.53 Å². The van der Waals surface area contributed by atoms with Gasteiger partial charge in [0.25, 0.3) is 0 Å². The van der Waals surface area contributed by atoms with E-state index in [1.54, 1.807) is 0 Å². The van der Waals surface area contributed by atoms with Crippen molar-refractivity contribution in [2.45, 2.75) is 24.1 Å². The van der Waals surface area contributed by atoms with Gasteiger partial charge < -0.3 is 10.1 Å². The van der Waals surface area contributed by atoms with Crippen LogP contribution in [0.25, 0.3) is 22.3 Å². The first kappa shape index (κ1) is 20.9. The average Bonchev–Trinajstić information content (AvgIpc) is 2.80. The number of thioether (sulfide) groups is 1. The molecule has 0 radical (unpaired) electrons. The molecule has 6 heteroatoms. The fourth-order valence-corrected chi connectivity index (χ4v) is 4.06. The standard InChI is InChI=1S/C25H23N3O2S/c1-3-30-20-14-15-22-21(16-20)25(28-23(27-22)18-10-6-4-7-11-18)31-17(2)24(29)26-19-12-8-5-9-13-19/h4-17H,3H2,1-2H3,(H,26,29). The summed E-state index contributed by atoms with van der Waals surface area (Å²) in [5, 5.41) is 4.23. The van der Waals surface area contributed by atoms with E-state index in [4.69, 9.17) is 14.7 Å². The summed E-state index contributed by atoms with van der Waals surface area (Å²) in [6.45, 7) is 4.41. The van der Waals surface area contributed by atoms with Gasteiger partial charge in [-0.05, 0) is 44.2 Å². The third kappa shape index (κ3) is 5.03. The monoisotopic (exact) mass is 429 g/mol. The number of ether oxygens (including phenoxy) is 1. The smallest absolute Gasteiger partial charge is 0.237 e. The van der Waals surface area contributed by atoms with Gasteiger partial charge in [-0.25, -0.2) is 9.97 Å². The normalized spacial score (nSPS) is 11.8. The van der Waals surface area contributed by atoms with Crippen LogP contribution in [0.4, 0.5) is 5.69 Å². The first-order valence-corrected chi connectivity index (χ1v) is 11.0. The van der Waals surface area contributed by atoms with E-state index in [0.717, 1.165) is 32.9 Å². The summed E-state index contributed by atoms with van der Waals surface area (Å²) in [7, 11) is 0. The van der Waals surface area contributed by atoms with E-state index in [-0.39, 0.29) is 11.2 Å². The Morgan fingerprint density at radius 1 is 1.00 bits per heavy atom. The summed E-state index contributed by atoms with van der Waals surface area (Å²) in [5.74, 6) is 1.31. The van der Waals surface area contributed by atoms with Crippen molar-refractivity contribution in [3.8, 4) is 17.1 Å². The van der Waals surface area contributed by atoms with Crippen molar-refractivity contribution in [3.05, 3.63) is 78.9 Å². The number of anilines is 1. The Hall–Kier alpha value is -3.38. The molecule has 0 saturated carbocycles. The molecule has 1 aromatic heterocycles. The van der Waals surface area contributed by atoms with Crippen molar-refractivity contribution in [1.82, 2.24) is 9.97 Å². The van der Waals surface area contributed by atoms with Gasteiger partial charge in [0.2, 0.25) is 5.91 Å². The number of hydrogen-bond acceptors (Lipinski definition) is 5. The quantitative estimate of drug-likeness (QED) is 0.296. The highest BCUT2D eigenvalue weighted by atomic mass is 32.2. The number of fused-ring (bicyclic) bond motifs is 1. The highest BCUT2D eigenvalue weighted by Gasteiger charge is 2.19. The topological polar surface area (TPSA) is 64.1 Å². The van der Waals surface area contributed by atoms with Crippen molar-refractivity contribution >= 4 is 34.3 Å². The van der Waals surface area contributed by atoms with E-state index in [9.17, 15) is 4.79 Å². The number of carbonyl (C=O) groups is 1. The summed E-state index contributed by atoms with van der Waals surface area (Å²) < 4.78 is 5.67. The van der Waals surface area contributed by atoms with Gasteiger partial charge in [0.15, 0.2) is 5.82 Å². The lowest BCUT2D eigenvalue weighted by atomic mass is 10.2. The van der Waals surface area contributed by atoms with Crippen LogP contribution in [0.15, 0.2) is 83.9 Å². The summed E-state index contributed by atoms with van der Waals surface area (Å²) in [6.07, 6.45) is 0. The molecule has 31 heavy (non-hydrogen) atoms. The minimum Gasteiger partial charge on any atom is -0.494 e. The Balaban J connectivity index is 1.69. The molecular formula is C25H23N3O2S. The van der Waals surface area contributed by atoms with Gasteiger partial charge in [-0.1, -0.05) is 60.3 Å². The van der Waals surface area contributed by atoms with Crippen molar-refractivity contribution in [2.24, 2.45) is 0 Å². The Labute approximate surface area is 185 Å².